The molecular weight excluding hydrogens is 130 g/mol. The molecule has 0 saturated carbocycles. The summed E-state index contributed by atoms with van der Waals surface area (Å²) in [6.07, 6.45) is 2.84. The van der Waals surface area contributed by atoms with Gasteiger partial charge in [-0.1, -0.05) is 0 Å². The van der Waals surface area contributed by atoms with Gasteiger partial charge in [0.15, 0.2) is 0 Å². The third kappa shape index (κ3) is 2.59. The van der Waals surface area contributed by atoms with Crippen molar-refractivity contribution >= 4 is 11.8 Å². The van der Waals surface area contributed by atoms with Crippen LogP contribution in [0.25, 0.3) is 0 Å². The van der Waals surface area contributed by atoms with E-state index in [9.17, 15) is 0 Å². The smallest absolute Gasteiger partial charge is 0.00670 e. The van der Waals surface area contributed by atoms with Crippen molar-refractivity contribution in [3.63, 3.8) is 0 Å². The highest BCUT2D eigenvalue weighted by atomic mass is 32.2. The van der Waals surface area contributed by atoms with Crippen molar-refractivity contribution in [2.45, 2.75) is 18.1 Å². The predicted octanol–water partition coefficient (Wildman–Crippen LogP) is 1.44. The van der Waals surface area contributed by atoms with Crippen molar-refractivity contribution < 1.29 is 0 Å². The Balaban J connectivity index is 1.91. The highest BCUT2D eigenvalue weighted by Gasteiger charge is 2.17. The summed E-state index contributed by atoms with van der Waals surface area (Å²) in [6.45, 7) is 1.26. The molecule has 1 unspecified atom stereocenters. The Kier molecular flexibility index (Phi) is 2.86. The van der Waals surface area contributed by atoms with Crippen LogP contribution in [0.2, 0.25) is 0 Å². The van der Waals surface area contributed by atoms with E-state index >= 15 is 0 Å². The molecule has 54 valence electrons. The number of hydrogen-bond donors (Lipinski definition) is 0. The first-order valence-corrected chi connectivity index (χ1v) is 4.60. The summed E-state index contributed by atoms with van der Waals surface area (Å²) < 4.78 is 0. The summed E-state index contributed by atoms with van der Waals surface area (Å²) in [5, 5.41) is 0.993. The van der Waals surface area contributed by atoms with Crippen molar-refractivity contribution in [2.75, 3.05) is 26.4 Å². The standard InChI is InChI=1S/C7H15NS/c1-8(2)5-3-7-4-6-9-7/h7H,3-6H2,1-2H3. The molecule has 1 atom stereocenters. The molecule has 0 spiro atoms. The van der Waals surface area contributed by atoms with Crippen LogP contribution in [0.4, 0.5) is 0 Å². The molecule has 9 heavy (non-hydrogen) atoms. The minimum atomic E-state index is 0.993. The zero-order valence-corrected chi connectivity index (χ0v) is 7.08. The maximum Gasteiger partial charge on any atom is 0.00670 e. The predicted molar refractivity (Wildman–Crippen MR) is 44.0 cm³/mol. The summed E-state index contributed by atoms with van der Waals surface area (Å²) in [6, 6.07) is 0. The lowest BCUT2D eigenvalue weighted by Gasteiger charge is -2.25. The van der Waals surface area contributed by atoms with Crippen LogP contribution in [0.5, 0.6) is 0 Å². The van der Waals surface area contributed by atoms with E-state index < -0.39 is 0 Å². The average Bonchev–Trinajstić information content (AvgIpc) is 1.60. The van der Waals surface area contributed by atoms with Gasteiger partial charge in [0, 0.05) is 5.25 Å². The SMILES string of the molecule is CN(C)CCC1CCS1. The van der Waals surface area contributed by atoms with Gasteiger partial charge in [0.2, 0.25) is 0 Å². The number of rotatable bonds is 3. The topological polar surface area (TPSA) is 3.24 Å². The maximum absolute atomic E-state index is 2.26. The Labute approximate surface area is 61.8 Å². The summed E-state index contributed by atoms with van der Waals surface area (Å²) in [5.74, 6) is 1.40. The first-order chi connectivity index (χ1) is 4.29. The molecule has 1 nitrogen and oxygen atoms in total. The van der Waals surface area contributed by atoms with Gasteiger partial charge in [0.05, 0.1) is 0 Å². The second kappa shape index (κ2) is 3.47. The van der Waals surface area contributed by atoms with Crippen molar-refractivity contribution in [2.24, 2.45) is 0 Å². The quantitative estimate of drug-likeness (QED) is 0.591. The van der Waals surface area contributed by atoms with Crippen LogP contribution in [0, 0.1) is 0 Å². The molecular formula is C7H15NS. The van der Waals surface area contributed by atoms with Crippen molar-refractivity contribution in [1.82, 2.24) is 4.90 Å². The summed E-state index contributed by atoms with van der Waals surface area (Å²) in [5.41, 5.74) is 0. The fraction of sp³-hybridized carbons (Fsp3) is 1.00. The van der Waals surface area contributed by atoms with Gasteiger partial charge in [-0.25, -0.2) is 0 Å². The molecule has 1 heterocycles. The van der Waals surface area contributed by atoms with Crippen LogP contribution >= 0.6 is 11.8 Å². The van der Waals surface area contributed by atoms with E-state index in [-0.39, 0.29) is 0 Å². The van der Waals surface area contributed by atoms with E-state index in [0.29, 0.717) is 0 Å². The molecule has 1 fully saturated rings. The maximum atomic E-state index is 2.26. The van der Waals surface area contributed by atoms with Gasteiger partial charge < -0.3 is 4.90 Å². The van der Waals surface area contributed by atoms with Crippen molar-refractivity contribution in [1.29, 1.82) is 0 Å². The van der Waals surface area contributed by atoms with Gasteiger partial charge in [-0.2, -0.15) is 11.8 Å². The molecule has 1 aliphatic heterocycles. The van der Waals surface area contributed by atoms with Crippen LogP contribution in [0.15, 0.2) is 0 Å². The van der Waals surface area contributed by atoms with Crippen molar-refractivity contribution in [3.05, 3.63) is 0 Å². The lowest BCUT2D eigenvalue weighted by atomic mass is 10.2. The molecule has 0 N–H and O–H groups in total. The van der Waals surface area contributed by atoms with Gasteiger partial charge >= 0.3 is 0 Å². The van der Waals surface area contributed by atoms with Crippen molar-refractivity contribution in [3.8, 4) is 0 Å². The molecule has 2 heteroatoms. The summed E-state index contributed by atoms with van der Waals surface area (Å²) in [4.78, 5) is 2.26. The molecule has 0 aromatic rings. The second-order valence-corrected chi connectivity index (χ2v) is 4.28. The molecule has 0 aromatic heterocycles. The van der Waals surface area contributed by atoms with Gasteiger partial charge in [-0.3, -0.25) is 0 Å². The van der Waals surface area contributed by atoms with Crippen LogP contribution in [-0.2, 0) is 0 Å². The van der Waals surface area contributed by atoms with E-state index in [0.717, 1.165) is 5.25 Å². The lowest BCUT2D eigenvalue weighted by Crippen LogP contribution is -2.22. The first kappa shape index (κ1) is 7.42. The van der Waals surface area contributed by atoms with Gasteiger partial charge in [-0.15, -0.1) is 0 Å². The Hall–Kier alpha value is 0.310. The Morgan fingerprint density at radius 3 is 2.56 bits per heavy atom. The highest BCUT2D eigenvalue weighted by Crippen LogP contribution is 2.30. The number of thioether (sulfide) groups is 1. The lowest BCUT2D eigenvalue weighted by molar-refractivity contribution is 0.394. The zero-order valence-electron chi connectivity index (χ0n) is 6.26. The van der Waals surface area contributed by atoms with Gasteiger partial charge in [0.1, 0.15) is 0 Å². The van der Waals surface area contributed by atoms with E-state index in [2.05, 4.69) is 30.8 Å². The Morgan fingerprint density at radius 1 is 1.56 bits per heavy atom. The third-order valence-electron chi connectivity index (χ3n) is 1.69. The number of nitrogens with zero attached hydrogens (tertiary/aromatic N) is 1. The molecule has 1 rings (SSSR count). The highest BCUT2D eigenvalue weighted by molar-refractivity contribution is 8.01. The fourth-order valence-corrected chi connectivity index (χ4v) is 1.76. The van der Waals surface area contributed by atoms with Crippen LogP contribution in [0.1, 0.15) is 12.8 Å². The fourth-order valence-electron chi connectivity index (χ4n) is 0.914. The van der Waals surface area contributed by atoms with Gasteiger partial charge in [0.25, 0.3) is 0 Å². The average molecular weight is 145 g/mol. The molecule has 0 radical (unpaired) electrons. The third-order valence-corrected chi connectivity index (χ3v) is 3.11. The Bertz CT molecular complexity index is 79.0. The van der Waals surface area contributed by atoms with Gasteiger partial charge in [-0.05, 0) is 39.2 Å². The van der Waals surface area contributed by atoms with Crippen LogP contribution in [-0.4, -0.2) is 36.5 Å². The second-order valence-electron chi connectivity index (χ2n) is 2.87. The Morgan fingerprint density at radius 2 is 2.22 bits per heavy atom. The molecule has 0 amide bonds. The van der Waals surface area contributed by atoms with Crippen LogP contribution < -0.4 is 0 Å². The molecule has 1 saturated heterocycles. The number of hydrogen-bond acceptors (Lipinski definition) is 2. The summed E-state index contributed by atoms with van der Waals surface area (Å²) >= 11 is 2.12. The molecule has 0 aliphatic carbocycles. The molecule has 0 bridgehead atoms. The van der Waals surface area contributed by atoms with E-state index in [4.69, 9.17) is 0 Å². The van der Waals surface area contributed by atoms with Crippen LogP contribution in [0.3, 0.4) is 0 Å². The zero-order chi connectivity index (χ0) is 6.69. The monoisotopic (exact) mass is 145 g/mol. The minimum Gasteiger partial charge on any atom is -0.309 e. The molecule has 0 aromatic carbocycles. The molecule has 1 aliphatic rings. The van der Waals surface area contributed by atoms with E-state index in [1.165, 1.54) is 25.1 Å². The largest absolute Gasteiger partial charge is 0.309 e. The normalized spacial score (nSPS) is 26.3. The first-order valence-electron chi connectivity index (χ1n) is 3.55. The van der Waals surface area contributed by atoms with E-state index in [1.807, 2.05) is 0 Å². The minimum absolute atomic E-state index is 0.993. The van der Waals surface area contributed by atoms with E-state index in [1.54, 1.807) is 0 Å². The summed E-state index contributed by atoms with van der Waals surface area (Å²) in [7, 11) is 4.28.